The van der Waals surface area contributed by atoms with Crippen LogP contribution >= 0.6 is 0 Å². The van der Waals surface area contributed by atoms with E-state index in [1.807, 2.05) is 0 Å². The second-order valence-electron chi connectivity index (χ2n) is 20.6. The molecule has 0 amide bonds. The fourth-order valence-electron chi connectivity index (χ4n) is 10.5. The summed E-state index contributed by atoms with van der Waals surface area (Å²) in [5, 5.41) is 0. The summed E-state index contributed by atoms with van der Waals surface area (Å²) in [5.41, 5.74) is 20.1. The van der Waals surface area contributed by atoms with Gasteiger partial charge in [0.25, 0.3) is 6.71 Å². The maximum Gasteiger partial charge on any atom is 0.273 e. The van der Waals surface area contributed by atoms with Crippen molar-refractivity contribution in [1.29, 1.82) is 0 Å². The van der Waals surface area contributed by atoms with E-state index in [4.69, 9.17) is 4.74 Å². The molecule has 61 heavy (non-hydrogen) atoms. The smallest absolute Gasteiger partial charge is 0.273 e. The Morgan fingerprint density at radius 2 is 1.10 bits per heavy atom. The molecular weight excluding hydrogens is 741 g/mol. The quantitative estimate of drug-likeness (QED) is 0.166. The zero-order chi connectivity index (χ0) is 42.2. The van der Waals surface area contributed by atoms with Crippen molar-refractivity contribution in [2.24, 2.45) is 0 Å². The molecule has 4 heterocycles. The van der Waals surface area contributed by atoms with Crippen LogP contribution in [0.5, 0.6) is 5.75 Å². The molecule has 11 rings (SSSR count). The number of hydrogen-bond acceptors (Lipinski definition) is 3. The van der Waals surface area contributed by atoms with Crippen molar-refractivity contribution in [3.05, 3.63) is 179 Å². The lowest BCUT2D eigenvalue weighted by atomic mass is 9.34. The molecule has 3 aliphatic heterocycles. The SMILES string of the molecule is CC(C)(C)c1ccc(N2c3ccc(C(C)(C)C)cc3B3c4c2cccc4N(c2ccc(C(C)(C)C)cc2)c2c4c(n(-c5ccccc5)c23)C2c3ccccc3OC2C=C4)cc1. The first kappa shape index (κ1) is 37.8. The van der Waals surface area contributed by atoms with Gasteiger partial charge in [0.1, 0.15) is 11.9 Å². The fraction of sp³-hybridized carbons (Fsp3) is 0.250. The van der Waals surface area contributed by atoms with Gasteiger partial charge in [0.05, 0.1) is 11.6 Å². The molecule has 0 fully saturated rings. The van der Waals surface area contributed by atoms with Gasteiger partial charge in [0.2, 0.25) is 0 Å². The van der Waals surface area contributed by atoms with Crippen LogP contribution in [0.4, 0.5) is 34.1 Å². The molecule has 0 spiro atoms. The molecular formula is C56H54BN3O. The molecule has 2 atom stereocenters. The van der Waals surface area contributed by atoms with Crippen LogP contribution in [0.3, 0.4) is 0 Å². The van der Waals surface area contributed by atoms with E-state index in [1.165, 1.54) is 78.5 Å². The van der Waals surface area contributed by atoms with Crippen LogP contribution in [0.15, 0.2) is 146 Å². The van der Waals surface area contributed by atoms with E-state index in [9.17, 15) is 0 Å². The molecule has 5 heteroatoms. The lowest BCUT2D eigenvalue weighted by Gasteiger charge is -2.44. The highest BCUT2D eigenvalue weighted by Gasteiger charge is 2.50. The number of anilines is 6. The third kappa shape index (κ3) is 5.73. The monoisotopic (exact) mass is 795 g/mol. The molecule has 0 saturated carbocycles. The number of hydrogen-bond donors (Lipinski definition) is 0. The average Bonchev–Trinajstić information content (AvgIpc) is 3.79. The fourth-order valence-corrected chi connectivity index (χ4v) is 10.5. The molecule has 7 aromatic rings. The van der Waals surface area contributed by atoms with Crippen molar-refractivity contribution in [3.63, 3.8) is 0 Å². The van der Waals surface area contributed by atoms with Gasteiger partial charge in [0.15, 0.2) is 0 Å². The van der Waals surface area contributed by atoms with Gasteiger partial charge < -0.3 is 19.1 Å². The van der Waals surface area contributed by atoms with Gasteiger partial charge in [0, 0.05) is 56.5 Å². The van der Waals surface area contributed by atoms with Gasteiger partial charge in [-0.05, 0) is 111 Å². The van der Waals surface area contributed by atoms with Gasteiger partial charge >= 0.3 is 0 Å². The number of nitrogens with zero attached hydrogens (tertiary/aromatic N) is 3. The molecule has 0 saturated heterocycles. The van der Waals surface area contributed by atoms with Crippen molar-refractivity contribution in [3.8, 4) is 11.4 Å². The molecule has 4 aliphatic rings. The van der Waals surface area contributed by atoms with Crippen LogP contribution in [-0.2, 0) is 16.2 Å². The summed E-state index contributed by atoms with van der Waals surface area (Å²) in [7, 11) is 0. The third-order valence-corrected chi connectivity index (χ3v) is 13.6. The van der Waals surface area contributed by atoms with E-state index >= 15 is 0 Å². The number of fused-ring (bicyclic) bond motifs is 10. The molecule has 0 bridgehead atoms. The van der Waals surface area contributed by atoms with Gasteiger partial charge in [-0.25, -0.2) is 0 Å². The normalized spacial score (nSPS) is 17.2. The van der Waals surface area contributed by atoms with E-state index in [1.54, 1.807) is 0 Å². The van der Waals surface area contributed by atoms with Crippen molar-refractivity contribution in [2.75, 3.05) is 9.80 Å². The topological polar surface area (TPSA) is 20.6 Å². The minimum atomic E-state index is -0.0983. The highest BCUT2D eigenvalue weighted by atomic mass is 16.5. The van der Waals surface area contributed by atoms with Crippen molar-refractivity contribution in [1.82, 2.24) is 4.57 Å². The standard InChI is InChI=1S/C56H54BN3O/c1-54(2,3)35-22-27-39(28-23-35)58-44-32-26-37(56(7,8)9)34-43(44)57-50-45(58)19-15-20-46(50)59(40-29-24-36(25-30-40)55(4,5)6)52-42-31-33-48-49(41-18-13-14-21-47(41)61-48)51(42)60(53(52)57)38-16-11-10-12-17-38/h10-34,48-49H,1-9H3. The number of benzene rings is 6. The van der Waals surface area contributed by atoms with Crippen LogP contribution in [0.1, 0.15) is 102 Å². The molecule has 1 aromatic heterocycles. The highest BCUT2D eigenvalue weighted by molar-refractivity contribution is 7.00. The maximum absolute atomic E-state index is 6.77. The minimum absolute atomic E-state index is 0.0245. The van der Waals surface area contributed by atoms with Gasteiger partial charge in [-0.2, -0.15) is 0 Å². The molecule has 0 N–H and O–H groups in total. The lowest BCUT2D eigenvalue weighted by molar-refractivity contribution is 0.265. The number of ether oxygens (including phenoxy) is 1. The molecule has 1 aliphatic carbocycles. The van der Waals surface area contributed by atoms with E-state index in [0.29, 0.717) is 0 Å². The lowest BCUT2D eigenvalue weighted by Crippen LogP contribution is -2.63. The number of rotatable bonds is 3. The Balaban J connectivity index is 1.27. The molecule has 4 nitrogen and oxygen atoms in total. The predicted molar refractivity (Wildman–Crippen MR) is 258 cm³/mol. The van der Waals surface area contributed by atoms with Gasteiger partial charge in [-0.1, -0.05) is 147 Å². The largest absolute Gasteiger partial charge is 0.485 e. The minimum Gasteiger partial charge on any atom is -0.485 e. The van der Waals surface area contributed by atoms with Gasteiger partial charge in [-0.3, -0.25) is 0 Å². The summed E-state index contributed by atoms with van der Waals surface area (Å²) in [6, 6.07) is 52.7. The third-order valence-electron chi connectivity index (χ3n) is 13.6. The van der Waals surface area contributed by atoms with Crippen molar-refractivity contribution >= 4 is 63.4 Å². The molecule has 2 unspecified atom stereocenters. The summed E-state index contributed by atoms with van der Waals surface area (Å²) in [6.07, 6.45) is 4.58. The molecule has 302 valence electrons. The Morgan fingerprint density at radius 1 is 0.525 bits per heavy atom. The second-order valence-corrected chi connectivity index (χ2v) is 20.6. The predicted octanol–water partition coefficient (Wildman–Crippen LogP) is 12.4. The summed E-state index contributed by atoms with van der Waals surface area (Å²) < 4.78 is 9.41. The summed E-state index contributed by atoms with van der Waals surface area (Å²) >= 11 is 0. The Kier molecular flexibility index (Phi) is 8.15. The van der Waals surface area contributed by atoms with Gasteiger partial charge in [-0.15, -0.1) is 0 Å². The van der Waals surface area contributed by atoms with E-state index < -0.39 is 0 Å². The Bertz CT molecular complexity index is 2900. The van der Waals surface area contributed by atoms with Crippen LogP contribution in [0, 0.1) is 0 Å². The first-order chi connectivity index (χ1) is 29.2. The highest BCUT2D eigenvalue weighted by Crippen LogP contribution is 2.53. The Hall–Kier alpha value is -6.20. The van der Waals surface area contributed by atoms with E-state index in [2.05, 4.69) is 228 Å². The maximum atomic E-state index is 6.77. The van der Waals surface area contributed by atoms with Crippen LogP contribution in [-0.4, -0.2) is 17.4 Å². The first-order valence-electron chi connectivity index (χ1n) is 22.0. The Labute approximate surface area is 362 Å². The zero-order valence-electron chi connectivity index (χ0n) is 36.9. The Morgan fingerprint density at radius 3 is 1.74 bits per heavy atom. The molecule has 6 aromatic carbocycles. The van der Waals surface area contributed by atoms with Crippen LogP contribution in [0.25, 0.3) is 11.8 Å². The summed E-state index contributed by atoms with van der Waals surface area (Å²) in [6.45, 7) is 20.7. The van der Waals surface area contributed by atoms with E-state index in [0.717, 1.165) is 17.1 Å². The number of aromatic nitrogens is 1. The zero-order valence-corrected chi connectivity index (χ0v) is 36.9. The van der Waals surface area contributed by atoms with Crippen molar-refractivity contribution < 1.29 is 4.74 Å². The molecule has 0 radical (unpaired) electrons. The number of para-hydroxylation sites is 2. The van der Waals surface area contributed by atoms with Crippen LogP contribution in [0.2, 0.25) is 0 Å². The second kappa shape index (κ2) is 13.2. The van der Waals surface area contributed by atoms with Crippen molar-refractivity contribution in [2.45, 2.75) is 90.6 Å². The van der Waals surface area contributed by atoms with E-state index in [-0.39, 0.29) is 35.0 Å². The first-order valence-corrected chi connectivity index (χ1v) is 22.0. The summed E-state index contributed by atoms with van der Waals surface area (Å²) in [4.78, 5) is 5.11. The average molecular weight is 796 g/mol. The van der Waals surface area contributed by atoms with Crippen LogP contribution < -0.4 is 31.1 Å². The summed E-state index contributed by atoms with van der Waals surface area (Å²) in [5.74, 6) is 0.997.